The molecule has 1 unspecified atom stereocenters. The summed E-state index contributed by atoms with van der Waals surface area (Å²) in [5, 5.41) is 4.41. The third-order valence-electron chi connectivity index (χ3n) is 3.04. The van der Waals surface area contributed by atoms with E-state index in [4.69, 9.17) is 0 Å². The third-order valence-corrected chi connectivity index (χ3v) is 4.19. The topological polar surface area (TPSA) is 34.9 Å². The number of Topliss-reactive ketones (excluding diaryl/α,β-unsaturated/α-hetero) is 1. The number of nitrogens with zero attached hydrogens (tertiary/aromatic N) is 2. The molecule has 1 heterocycles. The largest absolute Gasteiger partial charge is 0.292 e. The van der Waals surface area contributed by atoms with Crippen molar-refractivity contribution in [3.05, 3.63) is 51.8 Å². The van der Waals surface area contributed by atoms with Crippen LogP contribution in [-0.4, -0.2) is 15.6 Å². The molecule has 1 aromatic heterocycles. The van der Waals surface area contributed by atoms with Gasteiger partial charge < -0.3 is 0 Å². The van der Waals surface area contributed by atoms with Crippen LogP contribution in [0.5, 0.6) is 0 Å². The van der Waals surface area contributed by atoms with E-state index in [0.29, 0.717) is 5.56 Å². The summed E-state index contributed by atoms with van der Waals surface area (Å²) in [6.45, 7) is 5.76. The van der Waals surface area contributed by atoms with Crippen molar-refractivity contribution in [2.75, 3.05) is 0 Å². The molecule has 0 bridgehead atoms. The third kappa shape index (κ3) is 2.25. The molecular formula is C14H15BrN2O. The van der Waals surface area contributed by atoms with Crippen molar-refractivity contribution in [3.8, 4) is 0 Å². The van der Waals surface area contributed by atoms with Crippen LogP contribution in [0.15, 0.2) is 34.8 Å². The molecule has 4 heteroatoms. The van der Waals surface area contributed by atoms with Gasteiger partial charge in [0.05, 0.1) is 15.9 Å². The first-order valence-corrected chi connectivity index (χ1v) is 6.62. The number of carbonyl (C=O) groups excluding carboxylic acids is 1. The molecule has 3 nitrogen and oxygen atoms in total. The summed E-state index contributed by atoms with van der Waals surface area (Å²) in [6, 6.07) is 9.02. The summed E-state index contributed by atoms with van der Waals surface area (Å²) in [6.07, 6.45) is 0. The first-order chi connectivity index (χ1) is 8.52. The van der Waals surface area contributed by atoms with Gasteiger partial charge in [0.2, 0.25) is 0 Å². The van der Waals surface area contributed by atoms with Crippen LogP contribution in [-0.2, 0) is 0 Å². The van der Waals surface area contributed by atoms with E-state index in [1.807, 2.05) is 51.1 Å². The zero-order valence-corrected chi connectivity index (χ0v) is 12.2. The zero-order chi connectivity index (χ0) is 13.3. The Bertz CT molecular complexity index is 575. The van der Waals surface area contributed by atoms with E-state index >= 15 is 0 Å². The Morgan fingerprint density at radius 1 is 1.28 bits per heavy atom. The van der Waals surface area contributed by atoms with Gasteiger partial charge >= 0.3 is 0 Å². The lowest BCUT2D eigenvalue weighted by Gasteiger charge is -2.13. The Hall–Kier alpha value is -1.42. The lowest BCUT2D eigenvalue weighted by atomic mass is 10.1. The van der Waals surface area contributed by atoms with Crippen molar-refractivity contribution in [1.82, 2.24) is 9.78 Å². The minimum Gasteiger partial charge on any atom is -0.292 e. The maximum Gasteiger partial charge on any atom is 0.187 e. The molecule has 0 aliphatic heterocycles. The second kappa shape index (κ2) is 5.06. The van der Waals surface area contributed by atoms with Crippen molar-refractivity contribution in [2.45, 2.75) is 26.8 Å². The van der Waals surface area contributed by atoms with Crippen molar-refractivity contribution >= 4 is 21.7 Å². The van der Waals surface area contributed by atoms with Gasteiger partial charge in [0.15, 0.2) is 5.78 Å². The van der Waals surface area contributed by atoms with Gasteiger partial charge in [-0.3, -0.25) is 9.48 Å². The molecule has 0 amide bonds. The van der Waals surface area contributed by atoms with E-state index in [0.717, 1.165) is 15.9 Å². The molecule has 0 saturated heterocycles. The predicted molar refractivity (Wildman–Crippen MR) is 74.9 cm³/mol. The molecule has 2 aromatic rings. The van der Waals surface area contributed by atoms with Crippen LogP contribution in [0.2, 0.25) is 0 Å². The van der Waals surface area contributed by atoms with E-state index in [2.05, 4.69) is 21.0 Å². The normalized spacial score (nSPS) is 12.4. The number of aryl methyl sites for hydroxylation is 1. The molecule has 0 radical (unpaired) electrons. The predicted octanol–water partition coefficient (Wildman–Crippen LogP) is 3.71. The smallest absolute Gasteiger partial charge is 0.187 e. The second-order valence-corrected chi connectivity index (χ2v) is 5.13. The Labute approximate surface area is 115 Å². The lowest BCUT2D eigenvalue weighted by molar-refractivity contribution is 0.0926. The van der Waals surface area contributed by atoms with E-state index in [9.17, 15) is 4.79 Å². The molecule has 1 aromatic carbocycles. The highest BCUT2D eigenvalue weighted by Crippen LogP contribution is 2.24. The molecule has 0 saturated carbocycles. The number of aromatic nitrogens is 2. The van der Waals surface area contributed by atoms with E-state index in [1.165, 1.54) is 0 Å². The molecule has 94 valence electrons. The quantitative estimate of drug-likeness (QED) is 0.810. The van der Waals surface area contributed by atoms with Gasteiger partial charge in [-0.2, -0.15) is 5.10 Å². The standard InChI is InChI=1S/C14H15BrN2O/c1-9-13(15)10(2)17(16-9)11(3)14(18)12-7-5-4-6-8-12/h4-8,11H,1-3H3. The number of rotatable bonds is 3. The fraction of sp³-hybridized carbons (Fsp3) is 0.286. The number of benzene rings is 1. The molecule has 2 rings (SSSR count). The summed E-state index contributed by atoms with van der Waals surface area (Å²) in [5.74, 6) is 0.0775. The van der Waals surface area contributed by atoms with Gasteiger partial charge in [-0.15, -0.1) is 0 Å². The van der Waals surface area contributed by atoms with Crippen molar-refractivity contribution in [2.24, 2.45) is 0 Å². The van der Waals surface area contributed by atoms with Crippen LogP contribution in [0, 0.1) is 13.8 Å². The van der Waals surface area contributed by atoms with Gasteiger partial charge in [-0.05, 0) is 36.7 Å². The van der Waals surface area contributed by atoms with E-state index in [1.54, 1.807) is 4.68 Å². The average Bonchev–Trinajstić information content (AvgIpc) is 2.66. The fourth-order valence-electron chi connectivity index (χ4n) is 1.97. The second-order valence-electron chi connectivity index (χ2n) is 4.34. The summed E-state index contributed by atoms with van der Waals surface area (Å²) in [4.78, 5) is 12.3. The van der Waals surface area contributed by atoms with E-state index < -0.39 is 0 Å². The van der Waals surface area contributed by atoms with Crippen LogP contribution in [0.3, 0.4) is 0 Å². The van der Waals surface area contributed by atoms with Crippen LogP contribution in [0.25, 0.3) is 0 Å². The van der Waals surface area contributed by atoms with Gasteiger partial charge in [0, 0.05) is 5.56 Å². The number of ketones is 1. The SMILES string of the molecule is Cc1nn(C(C)C(=O)c2ccccc2)c(C)c1Br. The molecule has 0 aliphatic carbocycles. The van der Waals surface area contributed by atoms with Gasteiger partial charge in [0.25, 0.3) is 0 Å². The Balaban J connectivity index is 2.34. The Morgan fingerprint density at radius 2 is 1.89 bits per heavy atom. The highest BCUT2D eigenvalue weighted by Gasteiger charge is 2.21. The number of hydrogen-bond acceptors (Lipinski definition) is 2. The molecular weight excluding hydrogens is 292 g/mol. The first kappa shape index (κ1) is 13.0. The maximum absolute atomic E-state index is 12.3. The number of carbonyl (C=O) groups is 1. The van der Waals surface area contributed by atoms with Gasteiger partial charge in [-0.1, -0.05) is 30.3 Å². The number of hydrogen-bond donors (Lipinski definition) is 0. The average molecular weight is 307 g/mol. The number of halogens is 1. The summed E-state index contributed by atoms with van der Waals surface area (Å²) < 4.78 is 2.74. The molecule has 0 fully saturated rings. The molecule has 0 N–H and O–H groups in total. The zero-order valence-electron chi connectivity index (χ0n) is 10.6. The summed E-state index contributed by atoms with van der Waals surface area (Å²) >= 11 is 3.48. The molecule has 0 spiro atoms. The van der Waals surface area contributed by atoms with Crippen molar-refractivity contribution in [3.63, 3.8) is 0 Å². The Kier molecular flexibility index (Phi) is 3.66. The highest BCUT2D eigenvalue weighted by molar-refractivity contribution is 9.10. The monoisotopic (exact) mass is 306 g/mol. The van der Waals surface area contributed by atoms with Crippen molar-refractivity contribution in [1.29, 1.82) is 0 Å². The summed E-state index contributed by atoms with van der Waals surface area (Å²) in [5.41, 5.74) is 2.60. The maximum atomic E-state index is 12.3. The summed E-state index contributed by atoms with van der Waals surface area (Å²) in [7, 11) is 0. The Morgan fingerprint density at radius 3 is 2.39 bits per heavy atom. The minimum absolute atomic E-state index is 0.0775. The molecule has 0 aliphatic rings. The van der Waals surface area contributed by atoms with Crippen LogP contribution in [0.4, 0.5) is 0 Å². The van der Waals surface area contributed by atoms with E-state index in [-0.39, 0.29) is 11.8 Å². The van der Waals surface area contributed by atoms with Crippen molar-refractivity contribution < 1.29 is 4.79 Å². The highest BCUT2D eigenvalue weighted by atomic mass is 79.9. The van der Waals surface area contributed by atoms with Crippen LogP contribution >= 0.6 is 15.9 Å². The minimum atomic E-state index is -0.294. The van der Waals surface area contributed by atoms with Gasteiger partial charge in [0.1, 0.15) is 6.04 Å². The fourth-order valence-corrected chi connectivity index (χ4v) is 2.24. The van der Waals surface area contributed by atoms with Crippen LogP contribution in [0.1, 0.15) is 34.7 Å². The molecule has 18 heavy (non-hydrogen) atoms. The van der Waals surface area contributed by atoms with Crippen LogP contribution < -0.4 is 0 Å². The molecule has 1 atom stereocenters. The lowest BCUT2D eigenvalue weighted by Crippen LogP contribution is -2.19. The van der Waals surface area contributed by atoms with Gasteiger partial charge in [-0.25, -0.2) is 0 Å². The first-order valence-electron chi connectivity index (χ1n) is 5.83.